The highest BCUT2D eigenvalue weighted by Crippen LogP contribution is 2.40. The molecule has 0 unspecified atom stereocenters. The Hall–Kier alpha value is -2.68. The first-order chi connectivity index (χ1) is 12.3. The van der Waals surface area contributed by atoms with E-state index in [1.807, 2.05) is 12.1 Å². The van der Waals surface area contributed by atoms with Crippen LogP contribution in [0.2, 0.25) is 0 Å². The van der Waals surface area contributed by atoms with Crippen molar-refractivity contribution in [2.75, 3.05) is 0 Å². The van der Waals surface area contributed by atoms with Crippen LogP contribution in [-0.4, -0.2) is 10.5 Å². The largest absolute Gasteiger partial charge is 0.411 e. The number of fused-ring (bicyclic) bond motifs is 1. The van der Waals surface area contributed by atoms with Crippen molar-refractivity contribution in [2.24, 2.45) is 0 Å². The third kappa shape index (κ3) is 2.70. The van der Waals surface area contributed by atoms with Crippen molar-refractivity contribution in [3.63, 3.8) is 0 Å². The van der Waals surface area contributed by atoms with Gasteiger partial charge in [0, 0.05) is 0 Å². The molecule has 122 valence electrons. The maximum absolute atomic E-state index is 6.38. The summed E-state index contributed by atoms with van der Waals surface area (Å²) in [5.74, 6) is 0. The molecule has 1 nitrogen and oxygen atoms in total. The van der Waals surface area contributed by atoms with Crippen LogP contribution < -0.4 is 0 Å². The van der Waals surface area contributed by atoms with E-state index in [9.17, 15) is 0 Å². The summed E-state index contributed by atoms with van der Waals surface area (Å²) in [5.41, 5.74) is 2.91. The maximum Gasteiger partial charge on any atom is 0.148 e. The van der Waals surface area contributed by atoms with E-state index < -0.39 is 5.60 Å². The van der Waals surface area contributed by atoms with Crippen LogP contribution in [0, 0.1) is 0 Å². The quantitative estimate of drug-likeness (QED) is 0.394. The Morgan fingerprint density at radius 2 is 1.04 bits per heavy atom. The molecule has 0 saturated heterocycles. The fourth-order valence-corrected chi connectivity index (χ4v) is 4.31. The van der Waals surface area contributed by atoms with Crippen LogP contribution >= 0.6 is 0 Å². The molecule has 0 saturated carbocycles. The van der Waals surface area contributed by atoms with Gasteiger partial charge in [0.1, 0.15) is 16.1 Å². The van der Waals surface area contributed by atoms with Crippen LogP contribution in [0.15, 0.2) is 103 Å². The molecule has 0 spiro atoms. The molecule has 2 heteroatoms. The second kappa shape index (κ2) is 6.67. The average molecular weight is 340 g/mol. The van der Waals surface area contributed by atoms with Gasteiger partial charge in [0.15, 0.2) is 0 Å². The van der Waals surface area contributed by atoms with Crippen LogP contribution in [0.25, 0.3) is 10.8 Å². The van der Waals surface area contributed by atoms with Crippen molar-refractivity contribution in [1.29, 1.82) is 0 Å². The summed E-state index contributed by atoms with van der Waals surface area (Å²) in [6, 6.07) is 36.1. The number of hydrogen-bond donors (Lipinski definition) is 0. The molecule has 4 aromatic rings. The topological polar surface area (TPSA) is 9.23 Å². The van der Waals surface area contributed by atoms with Gasteiger partial charge in [-0.3, -0.25) is 0 Å². The minimum Gasteiger partial charge on any atom is -0.411 e. The first-order valence-corrected chi connectivity index (χ1v) is 9.32. The number of hydrogen-bond acceptors (Lipinski definition) is 1. The molecule has 0 aromatic heterocycles. The molecule has 4 rings (SSSR count). The molecule has 0 heterocycles. The summed E-state index contributed by atoms with van der Waals surface area (Å²) in [5, 5.41) is 2.48. The minimum atomic E-state index is -0.571. The Bertz CT molecular complexity index is 941. The molecule has 0 fully saturated rings. The van der Waals surface area contributed by atoms with Gasteiger partial charge in [0.05, 0.1) is 0 Å². The summed E-state index contributed by atoms with van der Waals surface area (Å²) < 4.78 is 6.38. The summed E-state index contributed by atoms with van der Waals surface area (Å²) >= 11 is 0. The lowest BCUT2D eigenvalue weighted by molar-refractivity contribution is 0.173. The van der Waals surface area contributed by atoms with Crippen molar-refractivity contribution < 1.29 is 4.43 Å². The molecule has 0 aliphatic rings. The highest BCUT2D eigenvalue weighted by Gasteiger charge is 2.35. The molecule has 0 aliphatic carbocycles. The predicted molar refractivity (Wildman–Crippen MR) is 108 cm³/mol. The molecule has 0 bridgehead atoms. The molecule has 4 aromatic carbocycles. The van der Waals surface area contributed by atoms with Gasteiger partial charge in [0.2, 0.25) is 0 Å². The Morgan fingerprint density at radius 3 is 1.60 bits per heavy atom. The van der Waals surface area contributed by atoms with Gasteiger partial charge in [-0.25, -0.2) is 0 Å². The first-order valence-electron chi connectivity index (χ1n) is 8.50. The number of rotatable bonds is 4. The van der Waals surface area contributed by atoms with Gasteiger partial charge in [-0.2, -0.15) is 0 Å². The molecule has 25 heavy (non-hydrogen) atoms. The van der Waals surface area contributed by atoms with Crippen molar-refractivity contribution >= 4 is 21.3 Å². The van der Waals surface area contributed by atoms with Crippen LogP contribution in [0.5, 0.6) is 0 Å². The molecule has 0 N–H and O–H groups in total. The third-order valence-corrected chi connectivity index (χ3v) is 5.44. The van der Waals surface area contributed by atoms with Gasteiger partial charge in [-0.05, 0) is 33.5 Å². The van der Waals surface area contributed by atoms with Crippen molar-refractivity contribution in [1.82, 2.24) is 0 Å². The SMILES string of the molecule is [SiH3]OC(c1ccccc1)(c1ccccc1)c1ccc2ccccc2c1. The highest BCUT2D eigenvalue weighted by molar-refractivity contribution is 5.99. The molecule has 0 atom stereocenters. The predicted octanol–water partition coefficient (Wildman–Crippen LogP) is 4.43. The van der Waals surface area contributed by atoms with Gasteiger partial charge in [-0.15, -0.1) is 0 Å². The highest BCUT2D eigenvalue weighted by atomic mass is 28.2. The van der Waals surface area contributed by atoms with Gasteiger partial charge in [0.25, 0.3) is 0 Å². The Morgan fingerprint density at radius 1 is 0.520 bits per heavy atom. The minimum absolute atomic E-state index is 0.571. The second-order valence-electron chi connectivity index (χ2n) is 6.18. The van der Waals surface area contributed by atoms with Gasteiger partial charge >= 0.3 is 0 Å². The summed E-state index contributed by atoms with van der Waals surface area (Å²) in [6.45, 7) is 0. The maximum atomic E-state index is 6.38. The molecule has 0 aliphatic heterocycles. The average Bonchev–Trinajstić information content (AvgIpc) is 2.71. The first kappa shape index (κ1) is 15.8. The Kier molecular flexibility index (Phi) is 4.22. The lowest BCUT2D eigenvalue weighted by atomic mass is 9.80. The van der Waals surface area contributed by atoms with E-state index in [1.165, 1.54) is 16.3 Å². The summed E-state index contributed by atoms with van der Waals surface area (Å²) in [7, 11) is 0.631. The van der Waals surface area contributed by atoms with Crippen LogP contribution in [0.3, 0.4) is 0 Å². The van der Waals surface area contributed by atoms with E-state index in [-0.39, 0.29) is 0 Å². The zero-order valence-corrected chi connectivity index (χ0v) is 16.2. The van der Waals surface area contributed by atoms with Crippen molar-refractivity contribution in [3.05, 3.63) is 120 Å². The fraction of sp³-hybridized carbons (Fsp3) is 0.0435. The van der Waals surface area contributed by atoms with E-state index in [2.05, 4.69) is 91.0 Å². The van der Waals surface area contributed by atoms with E-state index in [0.29, 0.717) is 10.5 Å². The fourth-order valence-electron chi connectivity index (χ4n) is 3.61. The normalized spacial score (nSPS) is 11.7. The molecular formula is C23H20OSi. The van der Waals surface area contributed by atoms with Crippen LogP contribution in [-0.2, 0) is 10.0 Å². The van der Waals surface area contributed by atoms with E-state index in [0.717, 1.165) is 11.1 Å². The third-order valence-electron chi connectivity index (χ3n) is 4.82. The monoisotopic (exact) mass is 340 g/mol. The van der Waals surface area contributed by atoms with Crippen LogP contribution in [0.4, 0.5) is 0 Å². The molecule has 0 amide bonds. The summed E-state index contributed by atoms with van der Waals surface area (Å²) in [4.78, 5) is 0. The van der Waals surface area contributed by atoms with Crippen LogP contribution in [0.1, 0.15) is 16.7 Å². The van der Waals surface area contributed by atoms with E-state index in [4.69, 9.17) is 4.43 Å². The zero-order chi connectivity index (χ0) is 17.1. The molecule has 0 radical (unpaired) electrons. The van der Waals surface area contributed by atoms with Gasteiger partial charge in [-0.1, -0.05) is 97.1 Å². The lowest BCUT2D eigenvalue weighted by Crippen LogP contribution is -2.32. The summed E-state index contributed by atoms with van der Waals surface area (Å²) in [6.07, 6.45) is 0. The van der Waals surface area contributed by atoms with Crippen molar-refractivity contribution in [2.45, 2.75) is 5.60 Å². The standard InChI is InChI=1S/C23H20OSi/c25-24-23(20-11-3-1-4-12-20,21-13-5-2-6-14-21)22-16-15-18-9-7-8-10-19(18)17-22/h1-17H,25H3. The van der Waals surface area contributed by atoms with E-state index in [1.54, 1.807) is 0 Å². The smallest absolute Gasteiger partial charge is 0.148 e. The van der Waals surface area contributed by atoms with Gasteiger partial charge < -0.3 is 4.43 Å². The Balaban J connectivity index is 2.02. The Labute approximate surface area is 151 Å². The second-order valence-corrected chi connectivity index (χ2v) is 6.59. The number of benzene rings is 4. The lowest BCUT2D eigenvalue weighted by Gasteiger charge is -2.35. The van der Waals surface area contributed by atoms with E-state index >= 15 is 0 Å². The zero-order valence-electron chi connectivity index (χ0n) is 14.2. The molecular weight excluding hydrogens is 320 g/mol. The van der Waals surface area contributed by atoms with Crippen molar-refractivity contribution in [3.8, 4) is 0 Å².